The zero-order valence-corrected chi connectivity index (χ0v) is 5.99. The average Bonchev–Trinajstić information content (AvgIpc) is 2.07. The summed E-state index contributed by atoms with van der Waals surface area (Å²) in [7, 11) is 0. The molecule has 12 heavy (non-hydrogen) atoms. The molecule has 0 amide bonds. The molecule has 0 unspecified atom stereocenters. The number of nitro groups is 1. The van der Waals surface area contributed by atoms with E-state index in [0.29, 0.717) is 0 Å². The van der Waals surface area contributed by atoms with Gasteiger partial charge in [0.15, 0.2) is 5.69 Å². The van der Waals surface area contributed by atoms with E-state index in [1.165, 1.54) is 12.1 Å². The predicted molar refractivity (Wildman–Crippen MR) is 41.0 cm³/mol. The van der Waals surface area contributed by atoms with Gasteiger partial charge in [-0.25, -0.2) is 10.1 Å². The van der Waals surface area contributed by atoms with Gasteiger partial charge < -0.3 is 0 Å². The lowest BCUT2D eigenvalue weighted by Crippen LogP contribution is -2.21. The third-order valence-corrected chi connectivity index (χ3v) is 1.23. The SMILES string of the molecule is N#[N+]N(c1ccccc1)[N+](=O)[O-]. The van der Waals surface area contributed by atoms with E-state index in [1.807, 2.05) is 0 Å². The van der Waals surface area contributed by atoms with Crippen molar-refractivity contribution in [2.45, 2.75) is 0 Å². The van der Waals surface area contributed by atoms with Gasteiger partial charge in [0.05, 0.1) is 0 Å². The molecule has 0 fully saturated rings. The van der Waals surface area contributed by atoms with Crippen LogP contribution in [0.4, 0.5) is 5.69 Å². The molecule has 0 N–H and O–H groups in total. The van der Waals surface area contributed by atoms with Gasteiger partial charge in [0.1, 0.15) is 0 Å². The van der Waals surface area contributed by atoms with E-state index in [-0.39, 0.29) is 10.8 Å². The summed E-state index contributed by atoms with van der Waals surface area (Å²) >= 11 is 0. The van der Waals surface area contributed by atoms with Crippen LogP contribution in [0.15, 0.2) is 30.3 Å². The van der Waals surface area contributed by atoms with Gasteiger partial charge in [-0.2, -0.15) is 0 Å². The fourth-order valence-electron chi connectivity index (χ4n) is 0.740. The number of hydrogen-bond donors (Lipinski definition) is 0. The maximum atomic E-state index is 10.2. The van der Waals surface area contributed by atoms with Crippen molar-refractivity contribution >= 4 is 5.69 Å². The molecule has 0 bridgehead atoms. The van der Waals surface area contributed by atoms with Crippen molar-refractivity contribution in [2.24, 2.45) is 0 Å². The van der Waals surface area contributed by atoms with Crippen LogP contribution in [0.1, 0.15) is 0 Å². The van der Waals surface area contributed by atoms with Crippen molar-refractivity contribution in [2.75, 3.05) is 5.12 Å². The first-order chi connectivity index (χ1) is 5.75. The minimum Gasteiger partial charge on any atom is -0.229 e. The molecule has 0 aromatic heterocycles. The van der Waals surface area contributed by atoms with E-state index in [0.717, 1.165) is 0 Å². The maximum absolute atomic E-state index is 10.2. The third-order valence-electron chi connectivity index (χ3n) is 1.23. The Morgan fingerprint density at radius 3 is 2.42 bits per heavy atom. The molecule has 0 saturated carbocycles. The molecule has 60 valence electrons. The van der Waals surface area contributed by atoms with Crippen molar-refractivity contribution in [3.8, 4) is 0 Å². The van der Waals surface area contributed by atoms with Crippen molar-refractivity contribution in [1.29, 1.82) is 5.39 Å². The van der Waals surface area contributed by atoms with Crippen molar-refractivity contribution in [3.05, 3.63) is 45.5 Å². The summed E-state index contributed by atoms with van der Waals surface area (Å²) in [6.45, 7) is 0. The lowest BCUT2D eigenvalue weighted by Gasteiger charge is -1.91. The van der Waals surface area contributed by atoms with Crippen LogP contribution in [0, 0.1) is 15.5 Å². The van der Waals surface area contributed by atoms with E-state index in [4.69, 9.17) is 5.39 Å². The minimum atomic E-state index is -0.824. The fraction of sp³-hybridized carbons (Fsp3) is 0. The normalized spacial score (nSPS) is 8.58. The first kappa shape index (κ1) is 7.94. The first-order valence-electron chi connectivity index (χ1n) is 3.10. The van der Waals surface area contributed by atoms with Crippen LogP contribution in [0.5, 0.6) is 0 Å². The summed E-state index contributed by atoms with van der Waals surface area (Å²) in [5, 5.41) is 20.4. The van der Waals surface area contributed by atoms with Gasteiger partial charge in [-0.15, -0.1) is 0 Å². The Morgan fingerprint density at radius 1 is 1.42 bits per heavy atom. The van der Waals surface area contributed by atoms with E-state index in [2.05, 4.69) is 5.08 Å². The van der Waals surface area contributed by atoms with Gasteiger partial charge in [-0.3, -0.25) is 0 Å². The number of anilines is 1. The van der Waals surface area contributed by atoms with Crippen LogP contribution in [0.2, 0.25) is 0 Å². The zero-order valence-electron chi connectivity index (χ0n) is 5.99. The molecule has 0 saturated heterocycles. The Morgan fingerprint density at radius 2 is 2.00 bits per heavy atom. The average molecular weight is 165 g/mol. The highest BCUT2D eigenvalue weighted by atomic mass is 16.7. The van der Waals surface area contributed by atoms with Gasteiger partial charge in [0, 0.05) is 0 Å². The quantitative estimate of drug-likeness (QED) is 0.377. The standard InChI is InChI=1S/C6H5N4O2/c7-8-9(10(11)12)6-4-2-1-3-5-6/h1-5H/q+1. The number of hydrogen-bond acceptors (Lipinski definition) is 3. The van der Waals surface area contributed by atoms with E-state index in [1.54, 1.807) is 18.2 Å². The molecule has 0 aliphatic heterocycles. The number of rotatable bonds is 2. The van der Waals surface area contributed by atoms with Crippen LogP contribution in [-0.2, 0) is 0 Å². The summed E-state index contributed by atoms with van der Waals surface area (Å²) in [6.07, 6.45) is 0. The molecule has 1 aromatic carbocycles. The monoisotopic (exact) mass is 165 g/mol. The predicted octanol–water partition coefficient (Wildman–Crippen LogP) is 1.45. The molecule has 0 atom stereocenters. The van der Waals surface area contributed by atoms with Gasteiger partial charge in [-0.05, 0) is 12.1 Å². The summed E-state index contributed by atoms with van der Waals surface area (Å²) < 4.78 is 0. The molecule has 0 aliphatic rings. The van der Waals surface area contributed by atoms with E-state index in [9.17, 15) is 10.1 Å². The van der Waals surface area contributed by atoms with Crippen molar-refractivity contribution in [3.63, 3.8) is 0 Å². The molecular formula is C6H5N4O2+. The molecule has 0 heterocycles. The number of para-hydroxylation sites is 1. The Hall–Kier alpha value is -2.16. The third kappa shape index (κ3) is 1.46. The second kappa shape index (κ2) is 3.30. The Labute approximate surface area is 67.7 Å². The summed E-state index contributed by atoms with van der Waals surface area (Å²) in [6, 6.07) is 7.85. The topological polar surface area (TPSA) is 74.5 Å². The van der Waals surface area contributed by atoms with Gasteiger partial charge in [0.2, 0.25) is 5.03 Å². The molecule has 6 nitrogen and oxygen atoms in total. The lowest BCUT2D eigenvalue weighted by atomic mass is 10.3. The number of hydrazine groups is 1. The van der Waals surface area contributed by atoms with Crippen LogP contribution < -0.4 is 5.12 Å². The molecule has 6 heteroatoms. The highest BCUT2D eigenvalue weighted by Gasteiger charge is 2.29. The molecular weight excluding hydrogens is 160 g/mol. The van der Waals surface area contributed by atoms with Gasteiger partial charge in [-0.1, -0.05) is 18.2 Å². The molecule has 0 aliphatic carbocycles. The summed E-state index contributed by atoms with van der Waals surface area (Å²) in [5.74, 6) is 0. The van der Waals surface area contributed by atoms with Crippen LogP contribution in [0.3, 0.4) is 0 Å². The first-order valence-corrected chi connectivity index (χ1v) is 3.10. The minimum absolute atomic E-state index is 0.199. The van der Waals surface area contributed by atoms with Crippen LogP contribution in [-0.4, -0.2) is 5.03 Å². The smallest absolute Gasteiger partial charge is 0.229 e. The summed E-state index contributed by atoms with van der Waals surface area (Å²) in [5.41, 5.74) is 0.199. The van der Waals surface area contributed by atoms with Crippen LogP contribution >= 0.6 is 0 Å². The second-order valence-electron chi connectivity index (χ2n) is 1.95. The number of nitrogens with zero attached hydrogens (tertiary/aromatic N) is 4. The molecule has 0 spiro atoms. The van der Waals surface area contributed by atoms with E-state index < -0.39 is 5.03 Å². The highest BCUT2D eigenvalue weighted by Crippen LogP contribution is 2.12. The largest absolute Gasteiger partial charge is 0.378 e. The summed E-state index contributed by atoms with van der Waals surface area (Å²) in [4.78, 5) is 10.2. The molecule has 1 rings (SSSR count). The van der Waals surface area contributed by atoms with Crippen LogP contribution in [0.25, 0.3) is 5.08 Å². The maximum Gasteiger partial charge on any atom is 0.378 e. The molecule has 1 aromatic rings. The number of benzene rings is 1. The second-order valence-corrected chi connectivity index (χ2v) is 1.95. The van der Waals surface area contributed by atoms with Crippen molar-refractivity contribution < 1.29 is 5.03 Å². The number of diazo groups is 1. The van der Waals surface area contributed by atoms with Crippen molar-refractivity contribution in [1.82, 2.24) is 0 Å². The zero-order chi connectivity index (χ0) is 8.97. The van der Waals surface area contributed by atoms with Gasteiger partial charge in [0.25, 0.3) is 10.5 Å². The lowest BCUT2D eigenvalue weighted by molar-refractivity contribution is -0.486. The Bertz CT molecular complexity index is 318. The Balaban J connectivity index is 2.98. The fourth-order valence-corrected chi connectivity index (χ4v) is 0.740. The van der Waals surface area contributed by atoms with E-state index >= 15 is 0 Å². The van der Waals surface area contributed by atoms with Gasteiger partial charge >= 0.3 is 5.08 Å². The Kier molecular flexibility index (Phi) is 2.18. The highest BCUT2D eigenvalue weighted by molar-refractivity contribution is 5.43. The molecule has 0 radical (unpaired) electrons.